The number of fused-ring (bicyclic) bond motifs is 9. The maximum Gasteiger partial charge on any atom is 0.330 e. The molecule has 4 unspecified atom stereocenters. The van der Waals surface area contributed by atoms with E-state index in [2.05, 4.69) is 6.92 Å². The molecule has 0 amide bonds. The number of methoxy groups -OCH3 is 1. The van der Waals surface area contributed by atoms with Gasteiger partial charge in [-0.1, -0.05) is 26.8 Å². The molecule has 14 atom stereocenters. The first-order chi connectivity index (χ1) is 21.9. The van der Waals surface area contributed by atoms with E-state index in [0.29, 0.717) is 25.7 Å². The monoisotopic (exact) mass is 660 g/mol. The predicted octanol–water partition coefficient (Wildman–Crippen LogP) is 3.06. The number of rotatable bonds is 5. The van der Waals surface area contributed by atoms with E-state index in [1.807, 2.05) is 26.8 Å². The fourth-order valence-electron chi connectivity index (χ4n) is 11.9. The van der Waals surface area contributed by atoms with Crippen molar-refractivity contribution in [2.75, 3.05) is 13.7 Å². The summed E-state index contributed by atoms with van der Waals surface area (Å²) in [6, 6.07) is 0. The third-order valence-electron chi connectivity index (χ3n) is 13.5. The number of aliphatic hydroxyl groups is 1. The largest absolute Gasteiger partial charge is 0.468 e. The predicted molar refractivity (Wildman–Crippen MR) is 162 cm³/mol. The fourth-order valence-corrected chi connectivity index (χ4v) is 11.9. The lowest BCUT2D eigenvalue weighted by molar-refractivity contribution is -0.333. The average Bonchev–Trinajstić information content (AvgIpc) is 3.79. The second-order valence-electron chi connectivity index (χ2n) is 15.5. The average molecular weight is 661 g/mol. The number of hydrogen-bond donors (Lipinski definition) is 1. The number of cyclic esters (lactones) is 1. The molecule has 4 saturated carbocycles. The molecule has 2 heterocycles. The van der Waals surface area contributed by atoms with Crippen LogP contribution in [0.4, 0.5) is 0 Å². The summed E-state index contributed by atoms with van der Waals surface area (Å²) < 4.78 is 35.3. The van der Waals surface area contributed by atoms with E-state index in [4.69, 9.17) is 28.4 Å². The van der Waals surface area contributed by atoms with Crippen LogP contribution >= 0.6 is 0 Å². The van der Waals surface area contributed by atoms with Gasteiger partial charge in [0, 0.05) is 37.7 Å². The maximum absolute atomic E-state index is 14.2. The summed E-state index contributed by atoms with van der Waals surface area (Å²) in [4.78, 5) is 65.0. The van der Waals surface area contributed by atoms with Gasteiger partial charge in [0.05, 0.1) is 18.8 Å². The molecule has 6 aliphatic rings. The molecule has 1 saturated heterocycles. The summed E-state index contributed by atoms with van der Waals surface area (Å²) in [7, 11) is 1.23. The highest BCUT2D eigenvalue weighted by Crippen LogP contribution is 2.76. The molecule has 47 heavy (non-hydrogen) atoms. The standard InChI is InChI=1S/C35H48O12/c1-17-15-34(41)24-11-13-31(6)22(12-14-33(18(2)44-19(3)36)16-43-25(39)10-9-23(31)33)32(24,7)28(45-20(4)37)29(46-21(5)38)35(34,30(40)42-8)27-26(17)47-27/h9-10,17-18,22-24,26-29,41H,11-16H2,1-8H3/t17?,18?,22?,23-,24?,26+,27+,28+,29-,31+,32+,33-,34+,35+/m0/s1. The third-order valence-corrected chi connectivity index (χ3v) is 13.5. The zero-order chi connectivity index (χ0) is 34.5. The quantitative estimate of drug-likeness (QED) is 0.261. The summed E-state index contributed by atoms with van der Waals surface area (Å²) >= 11 is 0. The van der Waals surface area contributed by atoms with Gasteiger partial charge < -0.3 is 33.5 Å². The minimum Gasteiger partial charge on any atom is -0.468 e. The van der Waals surface area contributed by atoms with Crippen LogP contribution in [0.3, 0.4) is 0 Å². The third kappa shape index (κ3) is 4.41. The van der Waals surface area contributed by atoms with Gasteiger partial charge in [-0.3, -0.25) is 19.2 Å². The molecule has 260 valence electrons. The van der Waals surface area contributed by atoms with E-state index < -0.39 is 87.4 Å². The summed E-state index contributed by atoms with van der Waals surface area (Å²) in [5.74, 6) is -4.30. The number of ether oxygens (including phenoxy) is 6. The lowest BCUT2D eigenvalue weighted by Gasteiger charge is -2.72. The van der Waals surface area contributed by atoms with Gasteiger partial charge in [-0.25, -0.2) is 4.79 Å². The van der Waals surface area contributed by atoms with Crippen molar-refractivity contribution in [3.8, 4) is 0 Å². The Morgan fingerprint density at radius 2 is 1.62 bits per heavy atom. The van der Waals surface area contributed by atoms with Crippen LogP contribution in [0.2, 0.25) is 0 Å². The van der Waals surface area contributed by atoms with Crippen molar-refractivity contribution in [2.45, 2.75) is 117 Å². The smallest absolute Gasteiger partial charge is 0.330 e. The Kier molecular flexibility index (Phi) is 7.94. The van der Waals surface area contributed by atoms with Crippen molar-refractivity contribution in [1.82, 2.24) is 0 Å². The molecular weight excluding hydrogens is 612 g/mol. The zero-order valence-corrected chi connectivity index (χ0v) is 28.5. The fraction of sp³-hybridized carbons (Fsp3) is 0.800. The topological polar surface area (TPSA) is 164 Å². The van der Waals surface area contributed by atoms with Crippen molar-refractivity contribution in [3.63, 3.8) is 0 Å². The van der Waals surface area contributed by atoms with Crippen molar-refractivity contribution < 1.29 is 57.5 Å². The van der Waals surface area contributed by atoms with Crippen LogP contribution in [0.1, 0.15) is 80.6 Å². The first kappa shape index (κ1) is 33.9. The van der Waals surface area contributed by atoms with Gasteiger partial charge in [-0.2, -0.15) is 0 Å². The minimum absolute atomic E-state index is 0.0527. The van der Waals surface area contributed by atoms with Gasteiger partial charge in [0.15, 0.2) is 11.5 Å². The highest BCUT2D eigenvalue weighted by molar-refractivity contribution is 5.83. The molecule has 5 fully saturated rings. The van der Waals surface area contributed by atoms with Crippen molar-refractivity contribution in [1.29, 1.82) is 0 Å². The Bertz CT molecular complexity index is 1410. The number of hydrogen-bond acceptors (Lipinski definition) is 12. The molecule has 0 bridgehead atoms. The Hall–Kier alpha value is -2.99. The molecule has 12 nitrogen and oxygen atoms in total. The van der Waals surface area contributed by atoms with Crippen LogP contribution in [0.25, 0.3) is 0 Å². The summed E-state index contributed by atoms with van der Waals surface area (Å²) in [5, 5.41) is 13.3. The molecule has 12 heteroatoms. The van der Waals surface area contributed by atoms with E-state index in [-0.39, 0.29) is 36.9 Å². The summed E-state index contributed by atoms with van der Waals surface area (Å²) in [6.07, 6.45) is 1.19. The Labute approximate surface area is 275 Å². The Balaban J connectivity index is 1.57. The van der Waals surface area contributed by atoms with Crippen molar-refractivity contribution >= 4 is 29.8 Å². The molecule has 0 aromatic heterocycles. The van der Waals surface area contributed by atoms with Gasteiger partial charge in [0.1, 0.15) is 24.9 Å². The lowest BCUT2D eigenvalue weighted by Crippen LogP contribution is -2.82. The SMILES string of the molecule is COC(=O)[C@]12[C@@H]3O[C@@H]3C(C)C[C@@]1(O)C1CC[C@]3(C)C(CC[C@@]4(C(C)OC(C)=O)COC(=O)C=C[C@H]43)[C@@]1(C)[C@H](OC(C)=O)[C@@H]2OC(C)=O. The molecule has 0 aromatic rings. The maximum atomic E-state index is 14.2. The van der Waals surface area contributed by atoms with E-state index >= 15 is 0 Å². The van der Waals surface area contributed by atoms with Gasteiger partial charge >= 0.3 is 29.8 Å². The van der Waals surface area contributed by atoms with Gasteiger partial charge in [0.2, 0.25) is 0 Å². The highest BCUT2D eigenvalue weighted by Gasteiger charge is 2.87. The van der Waals surface area contributed by atoms with E-state index in [9.17, 15) is 29.1 Å². The molecule has 0 aromatic carbocycles. The molecule has 0 radical (unpaired) electrons. The van der Waals surface area contributed by atoms with Crippen molar-refractivity contribution in [3.05, 3.63) is 12.2 Å². The van der Waals surface area contributed by atoms with Gasteiger partial charge in [0.25, 0.3) is 0 Å². The van der Waals surface area contributed by atoms with E-state index in [1.165, 1.54) is 34.0 Å². The number of esters is 5. The number of carbonyl (C=O) groups excluding carboxylic acids is 5. The molecule has 2 aliphatic heterocycles. The summed E-state index contributed by atoms with van der Waals surface area (Å²) in [5.41, 5.74) is -5.96. The van der Waals surface area contributed by atoms with Gasteiger partial charge in [-0.05, 0) is 68.1 Å². The normalized spacial score (nSPS) is 48.3. The second kappa shape index (κ2) is 11.0. The zero-order valence-electron chi connectivity index (χ0n) is 28.5. The van der Waals surface area contributed by atoms with Crippen LogP contribution in [0, 0.1) is 45.3 Å². The van der Waals surface area contributed by atoms with E-state index in [0.717, 1.165) is 0 Å². The number of allylic oxidation sites excluding steroid dienone is 1. The first-order valence-corrected chi connectivity index (χ1v) is 16.8. The molecule has 1 N–H and O–H groups in total. The van der Waals surface area contributed by atoms with Gasteiger partial charge in [-0.15, -0.1) is 0 Å². The van der Waals surface area contributed by atoms with Crippen LogP contribution < -0.4 is 0 Å². The highest BCUT2D eigenvalue weighted by atomic mass is 16.6. The first-order valence-electron chi connectivity index (χ1n) is 16.8. The Morgan fingerprint density at radius 3 is 2.23 bits per heavy atom. The van der Waals surface area contributed by atoms with Crippen molar-refractivity contribution in [2.24, 2.45) is 45.3 Å². The summed E-state index contributed by atoms with van der Waals surface area (Å²) in [6.45, 7) is 11.8. The lowest BCUT2D eigenvalue weighted by atomic mass is 9.33. The van der Waals surface area contributed by atoms with Crippen LogP contribution in [-0.4, -0.2) is 84.8 Å². The number of epoxide rings is 1. The molecule has 0 spiro atoms. The molecule has 6 rings (SSSR count). The van der Waals surface area contributed by atoms with Crippen LogP contribution in [-0.2, 0) is 52.4 Å². The second-order valence-corrected chi connectivity index (χ2v) is 15.5. The Morgan fingerprint density at radius 1 is 0.979 bits per heavy atom. The van der Waals surface area contributed by atoms with E-state index in [1.54, 1.807) is 0 Å². The molecular formula is C35H48O12. The minimum atomic E-state index is -1.84. The van der Waals surface area contributed by atoms with Crippen LogP contribution in [0.5, 0.6) is 0 Å². The van der Waals surface area contributed by atoms with Crippen LogP contribution in [0.15, 0.2) is 12.2 Å². The molecule has 4 aliphatic carbocycles. The number of carbonyl (C=O) groups is 5.